The molecule has 0 aliphatic carbocycles. The summed E-state index contributed by atoms with van der Waals surface area (Å²) in [6.45, 7) is 1.28. The predicted octanol–water partition coefficient (Wildman–Crippen LogP) is 3.07. The van der Waals surface area contributed by atoms with Gasteiger partial charge in [0.25, 0.3) is 5.91 Å². The van der Waals surface area contributed by atoms with Crippen LogP contribution in [0.15, 0.2) is 36.0 Å². The fraction of sp³-hybridized carbons (Fsp3) is 0.333. The maximum Gasteiger partial charge on any atom is 0.253 e. The van der Waals surface area contributed by atoms with Gasteiger partial charge in [-0.1, -0.05) is 23.2 Å². The number of hydrogen-bond donors (Lipinski definition) is 3. The number of nitrogens with one attached hydrogen (secondary N) is 1. The van der Waals surface area contributed by atoms with Crippen molar-refractivity contribution in [1.29, 1.82) is 0 Å². The number of halogens is 2. The summed E-state index contributed by atoms with van der Waals surface area (Å²) in [6, 6.07) is 6.93. The van der Waals surface area contributed by atoms with Crippen LogP contribution in [-0.2, 0) is 0 Å². The Morgan fingerprint density at radius 1 is 1.03 bits per heavy atom. The molecule has 0 unspecified atom stereocenters. The van der Waals surface area contributed by atoms with Gasteiger partial charge in [-0.25, -0.2) is 9.97 Å². The second-order valence-corrected chi connectivity index (χ2v) is 8.67. The van der Waals surface area contributed by atoms with Crippen molar-refractivity contribution in [3.8, 4) is 0 Å². The Hall–Kier alpha value is -2.84. The van der Waals surface area contributed by atoms with E-state index < -0.39 is 0 Å². The van der Waals surface area contributed by atoms with Crippen LogP contribution in [-0.4, -0.2) is 45.2 Å². The van der Waals surface area contributed by atoms with Gasteiger partial charge in [0.2, 0.25) is 5.78 Å². The molecule has 1 spiro atoms. The molecule has 2 saturated heterocycles. The third kappa shape index (κ3) is 4.45. The van der Waals surface area contributed by atoms with Gasteiger partial charge in [0, 0.05) is 41.0 Å². The Morgan fingerprint density at radius 3 is 2.39 bits per heavy atom. The molecule has 1 aromatic heterocycles. The molecule has 0 saturated carbocycles. The molecule has 2 aliphatic rings. The lowest BCUT2D eigenvalue weighted by atomic mass is 9.86. The number of nitrogen functional groups attached to an aromatic ring is 2. The number of likely N-dealkylation sites (tertiary alicyclic amines) is 1. The zero-order valence-electron chi connectivity index (χ0n) is 16.7. The largest absolute Gasteiger partial charge is 0.383 e. The van der Waals surface area contributed by atoms with Crippen molar-refractivity contribution in [1.82, 2.24) is 20.2 Å². The van der Waals surface area contributed by atoms with Gasteiger partial charge < -0.3 is 21.7 Å². The van der Waals surface area contributed by atoms with E-state index in [1.54, 1.807) is 24.3 Å². The Morgan fingerprint density at radius 2 is 1.71 bits per heavy atom. The van der Waals surface area contributed by atoms with Gasteiger partial charge in [0.15, 0.2) is 22.5 Å². The summed E-state index contributed by atoms with van der Waals surface area (Å²) in [7, 11) is 0. The van der Waals surface area contributed by atoms with Crippen LogP contribution in [0.3, 0.4) is 0 Å². The number of benzene rings is 1. The number of anilines is 2. The van der Waals surface area contributed by atoms with E-state index in [4.69, 9.17) is 34.7 Å². The number of rotatable bonds is 3. The fourth-order valence-electron chi connectivity index (χ4n) is 4.09. The molecule has 5 N–H and O–H groups in total. The summed E-state index contributed by atoms with van der Waals surface area (Å²) in [4.78, 5) is 35.0. The van der Waals surface area contributed by atoms with Crippen molar-refractivity contribution < 1.29 is 9.59 Å². The quantitative estimate of drug-likeness (QED) is 0.474. The maximum atomic E-state index is 12.7. The molecule has 0 radical (unpaired) electrons. The summed E-state index contributed by atoms with van der Waals surface area (Å²) >= 11 is 11.8. The monoisotopic (exact) mass is 460 g/mol. The van der Waals surface area contributed by atoms with Crippen LogP contribution in [0.4, 0.5) is 11.6 Å². The molecule has 10 heteroatoms. The predicted molar refractivity (Wildman–Crippen MR) is 120 cm³/mol. The third-order valence-electron chi connectivity index (χ3n) is 5.84. The van der Waals surface area contributed by atoms with Gasteiger partial charge in [0.05, 0.1) is 0 Å². The summed E-state index contributed by atoms with van der Waals surface area (Å²) in [5.74, 6) is -0.432. The van der Waals surface area contributed by atoms with E-state index in [2.05, 4.69) is 15.3 Å². The number of carbonyl (C=O) groups excluding carboxylic acids is 2. The number of nitrogens with zero attached hydrogens (tertiary/aromatic N) is 3. The van der Waals surface area contributed by atoms with E-state index >= 15 is 0 Å². The fourth-order valence-corrected chi connectivity index (χ4v) is 4.34. The van der Waals surface area contributed by atoms with Crippen molar-refractivity contribution in [2.75, 3.05) is 24.6 Å². The van der Waals surface area contributed by atoms with E-state index in [9.17, 15) is 9.59 Å². The van der Waals surface area contributed by atoms with Crippen LogP contribution in [0, 0.1) is 0 Å². The number of hydrogen-bond acceptors (Lipinski definition) is 7. The lowest BCUT2D eigenvalue weighted by Crippen LogP contribution is -2.51. The number of aromatic nitrogens is 2. The van der Waals surface area contributed by atoms with Crippen molar-refractivity contribution >= 4 is 46.5 Å². The molecule has 162 valence electrons. The molecule has 4 rings (SSSR count). The van der Waals surface area contributed by atoms with Crippen LogP contribution >= 0.6 is 23.2 Å². The Balaban J connectivity index is 1.40. The van der Waals surface area contributed by atoms with Crippen LogP contribution in [0.5, 0.6) is 0 Å². The highest BCUT2D eigenvalue weighted by atomic mass is 35.5. The molecule has 1 aromatic carbocycles. The Kier molecular flexibility index (Phi) is 5.77. The van der Waals surface area contributed by atoms with Gasteiger partial charge in [-0.05, 0) is 49.9 Å². The van der Waals surface area contributed by atoms with Gasteiger partial charge in [-0.2, -0.15) is 0 Å². The Labute approximate surface area is 189 Å². The van der Waals surface area contributed by atoms with Gasteiger partial charge in [-0.3, -0.25) is 9.59 Å². The standard InChI is InChI=1S/C21H22Cl2N6O2/c22-13-3-1-12(2-4-13)20(31)29-9-7-21(8-10-29)6-5-14(28-21)11-15(30)16-18(24)27-19(25)17(23)26-16/h1-4,11,28H,5-10H2,(H4,24,25,27)/b14-11+. The number of nitrogens with two attached hydrogens (primary N) is 2. The smallest absolute Gasteiger partial charge is 0.253 e. The number of piperidine rings is 1. The molecule has 31 heavy (non-hydrogen) atoms. The summed E-state index contributed by atoms with van der Waals surface area (Å²) in [5, 5.41) is 4.05. The van der Waals surface area contributed by atoms with E-state index in [-0.39, 0.29) is 39.7 Å². The van der Waals surface area contributed by atoms with E-state index in [0.29, 0.717) is 23.7 Å². The highest BCUT2D eigenvalue weighted by Crippen LogP contribution is 2.35. The first-order valence-corrected chi connectivity index (χ1v) is 10.7. The molecule has 2 fully saturated rings. The number of amides is 1. The second kappa shape index (κ2) is 8.36. The third-order valence-corrected chi connectivity index (χ3v) is 6.37. The van der Waals surface area contributed by atoms with E-state index in [1.807, 2.05) is 4.90 Å². The zero-order valence-corrected chi connectivity index (χ0v) is 18.2. The Bertz CT molecular complexity index is 1060. The average Bonchev–Trinajstić information content (AvgIpc) is 3.13. The van der Waals surface area contributed by atoms with E-state index in [1.165, 1.54) is 6.08 Å². The maximum absolute atomic E-state index is 12.7. The topological polar surface area (TPSA) is 127 Å². The minimum absolute atomic E-state index is 0.00439. The molecule has 3 heterocycles. The minimum Gasteiger partial charge on any atom is -0.383 e. The highest BCUT2D eigenvalue weighted by Gasteiger charge is 2.40. The lowest BCUT2D eigenvalue weighted by Gasteiger charge is -2.39. The zero-order chi connectivity index (χ0) is 22.2. The van der Waals surface area contributed by atoms with Gasteiger partial charge in [-0.15, -0.1) is 0 Å². The van der Waals surface area contributed by atoms with Crippen molar-refractivity contribution in [2.24, 2.45) is 0 Å². The molecular weight excluding hydrogens is 439 g/mol. The van der Waals surface area contributed by atoms with Crippen LogP contribution in [0.1, 0.15) is 46.5 Å². The molecule has 0 atom stereocenters. The molecular formula is C21H22Cl2N6O2. The van der Waals surface area contributed by atoms with Crippen LogP contribution in [0.25, 0.3) is 0 Å². The van der Waals surface area contributed by atoms with Gasteiger partial charge in [0.1, 0.15) is 0 Å². The number of ketones is 1. The first kappa shape index (κ1) is 21.4. The minimum atomic E-state index is -0.373. The number of allylic oxidation sites excluding steroid dienone is 2. The first-order chi connectivity index (χ1) is 14.8. The van der Waals surface area contributed by atoms with Gasteiger partial charge >= 0.3 is 0 Å². The summed E-state index contributed by atoms with van der Waals surface area (Å²) in [5.41, 5.74) is 12.6. The van der Waals surface area contributed by atoms with Crippen molar-refractivity contribution in [3.63, 3.8) is 0 Å². The average molecular weight is 461 g/mol. The normalized spacial score (nSPS) is 18.9. The molecule has 2 aliphatic heterocycles. The lowest BCUT2D eigenvalue weighted by molar-refractivity contribution is 0.0659. The van der Waals surface area contributed by atoms with Crippen molar-refractivity contribution in [3.05, 3.63) is 57.5 Å². The van der Waals surface area contributed by atoms with Crippen LogP contribution in [0.2, 0.25) is 10.2 Å². The summed E-state index contributed by atoms with van der Waals surface area (Å²) in [6.07, 6.45) is 4.71. The van der Waals surface area contributed by atoms with E-state index in [0.717, 1.165) is 31.4 Å². The van der Waals surface area contributed by atoms with Crippen molar-refractivity contribution in [2.45, 2.75) is 31.2 Å². The summed E-state index contributed by atoms with van der Waals surface area (Å²) < 4.78 is 0. The molecule has 2 aromatic rings. The first-order valence-electron chi connectivity index (χ1n) is 9.93. The number of carbonyl (C=O) groups is 2. The molecule has 1 amide bonds. The second-order valence-electron chi connectivity index (χ2n) is 7.87. The SMILES string of the molecule is Nc1nc(N)c(C(=O)/C=C2\CCC3(CCN(C(=O)c4ccc(Cl)cc4)CC3)N2)nc1Cl. The highest BCUT2D eigenvalue weighted by molar-refractivity contribution is 6.32. The van der Waals surface area contributed by atoms with Crippen LogP contribution < -0.4 is 16.8 Å². The molecule has 8 nitrogen and oxygen atoms in total. The molecule has 0 bridgehead atoms.